The summed E-state index contributed by atoms with van der Waals surface area (Å²) in [6, 6.07) is 11.2. The molecular formula is C18H17N3O4. The fourth-order valence-corrected chi connectivity index (χ4v) is 2.30. The maximum absolute atomic E-state index is 12.2. The van der Waals surface area contributed by atoms with Crippen LogP contribution in [0.25, 0.3) is 17.4 Å². The van der Waals surface area contributed by atoms with Crippen LogP contribution >= 0.6 is 0 Å². The fourth-order valence-electron chi connectivity index (χ4n) is 2.30. The molecule has 1 heterocycles. The topological polar surface area (TPSA) is 100 Å². The van der Waals surface area contributed by atoms with Crippen molar-refractivity contribution in [1.82, 2.24) is 4.90 Å². The van der Waals surface area contributed by atoms with Crippen molar-refractivity contribution in [3.8, 4) is 17.4 Å². The summed E-state index contributed by atoms with van der Waals surface area (Å²) >= 11 is 0. The third kappa shape index (κ3) is 4.12. The van der Waals surface area contributed by atoms with E-state index >= 15 is 0 Å². The molecule has 0 N–H and O–H groups in total. The molecule has 1 aromatic carbocycles. The van der Waals surface area contributed by atoms with Crippen LogP contribution in [0.3, 0.4) is 0 Å². The van der Waals surface area contributed by atoms with E-state index in [1.807, 2.05) is 19.9 Å². The molecule has 0 aliphatic carbocycles. The van der Waals surface area contributed by atoms with Crippen LogP contribution in [0.4, 0.5) is 5.69 Å². The lowest BCUT2D eigenvalue weighted by atomic mass is 10.1. The summed E-state index contributed by atoms with van der Waals surface area (Å²) in [5.74, 6) is 0.514. The third-order valence-electron chi connectivity index (χ3n) is 3.68. The Morgan fingerprint density at radius 2 is 1.88 bits per heavy atom. The molecule has 0 saturated heterocycles. The molecule has 0 aliphatic rings. The monoisotopic (exact) mass is 339 g/mol. The molecule has 0 unspecified atom stereocenters. The second kappa shape index (κ2) is 7.93. The van der Waals surface area contributed by atoms with Crippen molar-refractivity contribution in [2.75, 3.05) is 13.1 Å². The van der Waals surface area contributed by atoms with E-state index in [4.69, 9.17) is 4.42 Å². The number of benzene rings is 1. The van der Waals surface area contributed by atoms with Crippen molar-refractivity contribution in [1.29, 1.82) is 5.26 Å². The summed E-state index contributed by atoms with van der Waals surface area (Å²) in [6.45, 7) is 4.72. The van der Waals surface area contributed by atoms with Gasteiger partial charge in [-0.3, -0.25) is 14.9 Å². The van der Waals surface area contributed by atoms with Crippen LogP contribution in [-0.4, -0.2) is 28.8 Å². The number of nitriles is 1. The number of rotatable bonds is 6. The van der Waals surface area contributed by atoms with Gasteiger partial charge < -0.3 is 9.32 Å². The zero-order chi connectivity index (χ0) is 18.4. The maximum Gasteiger partial charge on any atom is 0.269 e. The quantitative estimate of drug-likeness (QED) is 0.346. The number of hydrogen-bond donors (Lipinski definition) is 0. The lowest BCUT2D eigenvalue weighted by molar-refractivity contribution is -0.384. The molecule has 0 aliphatic heterocycles. The van der Waals surface area contributed by atoms with Gasteiger partial charge in [0.15, 0.2) is 0 Å². The van der Waals surface area contributed by atoms with Gasteiger partial charge in [-0.2, -0.15) is 5.26 Å². The Bertz CT molecular complexity index is 840. The van der Waals surface area contributed by atoms with Gasteiger partial charge in [-0.1, -0.05) is 0 Å². The SMILES string of the molecule is CCN(CC)C(=O)/C(C#N)=C/c1ccc(-c2ccc([N+](=O)[O-])cc2)o1. The van der Waals surface area contributed by atoms with E-state index in [0.717, 1.165) is 0 Å². The maximum atomic E-state index is 12.2. The third-order valence-corrected chi connectivity index (χ3v) is 3.68. The second-order valence-corrected chi connectivity index (χ2v) is 5.15. The van der Waals surface area contributed by atoms with Gasteiger partial charge in [-0.25, -0.2) is 0 Å². The van der Waals surface area contributed by atoms with Crippen molar-refractivity contribution in [3.63, 3.8) is 0 Å². The number of furan rings is 1. The molecule has 2 aromatic rings. The number of hydrogen-bond acceptors (Lipinski definition) is 5. The van der Waals surface area contributed by atoms with Crippen LogP contribution in [0.15, 0.2) is 46.4 Å². The van der Waals surface area contributed by atoms with E-state index in [1.54, 1.807) is 29.2 Å². The number of carbonyl (C=O) groups excluding carboxylic acids is 1. The number of nitro benzene ring substituents is 1. The summed E-state index contributed by atoms with van der Waals surface area (Å²) < 4.78 is 5.63. The lowest BCUT2D eigenvalue weighted by Crippen LogP contribution is -2.31. The largest absolute Gasteiger partial charge is 0.457 e. The molecule has 1 amide bonds. The first-order valence-corrected chi connectivity index (χ1v) is 7.75. The molecule has 2 rings (SSSR count). The number of amides is 1. The van der Waals surface area contributed by atoms with E-state index in [0.29, 0.717) is 30.2 Å². The van der Waals surface area contributed by atoms with E-state index in [2.05, 4.69) is 0 Å². The second-order valence-electron chi connectivity index (χ2n) is 5.15. The molecule has 0 saturated carbocycles. The van der Waals surface area contributed by atoms with Crippen LogP contribution in [0.5, 0.6) is 0 Å². The highest BCUT2D eigenvalue weighted by atomic mass is 16.6. The van der Waals surface area contributed by atoms with Crippen molar-refractivity contribution >= 4 is 17.7 Å². The fraction of sp³-hybridized carbons (Fsp3) is 0.222. The molecule has 25 heavy (non-hydrogen) atoms. The smallest absolute Gasteiger partial charge is 0.269 e. The predicted molar refractivity (Wildman–Crippen MR) is 92.3 cm³/mol. The summed E-state index contributed by atoms with van der Waals surface area (Å²) in [4.78, 5) is 24.0. The first kappa shape index (κ1) is 17.9. The Morgan fingerprint density at radius 3 is 2.40 bits per heavy atom. The van der Waals surface area contributed by atoms with E-state index in [-0.39, 0.29) is 17.2 Å². The van der Waals surface area contributed by atoms with Crippen molar-refractivity contribution < 1.29 is 14.1 Å². The van der Waals surface area contributed by atoms with Gasteiger partial charge in [-0.15, -0.1) is 0 Å². The normalized spacial score (nSPS) is 11.0. The van der Waals surface area contributed by atoms with E-state index in [1.165, 1.54) is 18.2 Å². The van der Waals surface area contributed by atoms with Crippen LogP contribution in [-0.2, 0) is 4.79 Å². The highest BCUT2D eigenvalue weighted by Gasteiger charge is 2.16. The van der Waals surface area contributed by atoms with Gasteiger partial charge in [0.25, 0.3) is 11.6 Å². The number of likely N-dealkylation sites (N-methyl/N-ethyl adjacent to an activating group) is 1. The minimum Gasteiger partial charge on any atom is -0.457 e. The Labute approximate surface area is 144 Å². The van der Waals surface area contributed by atoms with Crippen molar-refractivity contribution in [2.24, 2.45) is 0 Å². The van der Waals surface area contributed by atoms with E-state index in [9.17, 15) is 20.2 Å². The number of non-ortho nitro benzene ring substituents is 1. The standard InChI is InChI=1S/C18H17N3O4/c1-3-20(4-2)18(22)14(12-19)11-16-9-10-17(25-16)13-5-7-15(8-6-13)21(23)24/h5-11H,3-4H2,1-2H3/b14-11+. The minimum atomic E-state index is -0.474. The molecule has 7 heteroatoms. The summed E-state index contributed by atoms with van der Waals surface area (Å²) in [5.41, 5.74) is 0.652. The Morgan fingerprint density at radius 1 is 1.24 bits per heavy atom. The Kier molecular flexibility index (Phi) is 5.69. The van der Waals surface area contributed by atoms with Gasteiger partial charge >= 0.3 is 0 Å². The zero-order valence-electron chi connectivity index (χ0n) is 13.9. The molecular weight excluding hydrogens is 322 g/mol. The molecule has 0 spiro atoms. The average Bonchev–Trinajstić information content (AvgIpc) is 3.09. The van der Waals surface area contributed by atoms with Gasteiger partial charge in [0.2, 0.25) is 0 Å². The summed E-state index contributed by atoms with van der Waals surface area (Å²) in [5, 5.41) is 19.9. The molecule has 128 valence electrons. The number of nitro groups is 1. The van der Waals surface area contributed by atoms with Gasteiger partial charge in [-0.05, 0) is 38.1 Å². The Hall–Kier alpha value is -3.40. The number of nitrogens with zero attached hydrogens (tertiary/aromatic N) is 3. The van der Waals surface area contributed by atoms with Gasteiger partial charge in [0.1, 0.15) is 23.2 Å². The van der Waals surface area contributed by atoms with Crippen LogP contribution in [0.1, 0.15) is 19.6 Å². The van der Waals surface area contributed by atoms with Crippen molar-refractivity contribution in [3.05, 3.63) is 57.8 Å². The summed E-state index contributed by atoms with van der Waals surface area (Å²) in [7, 11) is 0. The zero-order valence-corrected chi connectivity index (χ0v) is 13.9. The predicted octanol–water partition coefficient (Wildman–Crippen LogP) is 3.63. The molecule has 1 aromatic heterocycles. The molecule has 0 fully saturated rings. The van der Waals surface area contributed by atoms with Gasteiger partial charge in [0, 0.05) is 36.9 Å². The molecule has 7 nitrogen and oxygen atoms in total. The lowest BCUT2D eigenvalue weighted by Gasteiger charge is -2.17. The highest BCUT2D eigenvalue weighted by molar-refractivity contribution is 6.01. The first-order valence-electron chi connectivity index (χ1n) is 7.75. The first-order chi connectivity index (χ1) is 12.0. The minimum absolute atomic E-state index is 0.00620. The number of carbonyl (C=O) groups is 1. The van der Waals surface area contributed by atoms with E-state index < -0.39 is 4.92 Å². The average molecular weight is 339 g/mol. The molecule has 0 radical (unpaired) electrons. The molecule has 0 atom stereocenters. The van der Waals surface area contributed by atoms with Crippen LogP contribution in [0.2, 0.25) is 0 Å². The highest BCUT2D eigenvalue weighted by Crippen LogP contribution is 2.25. The van der Waals surface area contributed by atoms with Crippen LogP contribution < -0.4 is 0 Å². The Balaban J connectivity index is 2.26. The van der Waals surface area contributed by atoms with Crippen LogP contribution in [0, 0.1) is 21.4 Å². The molecule has 0 bridgehead atoms. The summed E-state index contributed by atoms with van der Waals surface area (Å²) in [6.07, 6.45) is 1.40. The van der Waals surface area contributed by atoms with Gasteiger partial charge in [0.05, 0.1) is 4.92 Å². The van der Waals surface area contributed by atoms with Crippen molar-refractivity contribution in [2.45, 2.75) is 13.8 Å².